The van der Waals surface area contributed by atoms with E-state index in [9.17, 15) is 4.79 Å². The number of carbonyl (C=O) groups is 1. The summed E-state index contributed by atoms with van der Waals surface area (Å²) in [5.74, 6) is 0.752. The Bertz CT molecular complexity index is 868. The molecule has 1 aromatic carbocycles. The molecule has 0 aliphatic carbocycles. The van der Waals surface area contributed by atoms with Crippen molar-refractivity contribution in [3.63, 3.8) is 0 Å². The third-order valence-corrected chi connectivity index (χ3v) is 3.53. The molecule has 1 aromatic heterocycles. The molecular formula is C18H14ClNO5. The maximum Gasteiger partial charge on any atom is 0.363 e. The Balaban J connectivity index is 1.94. The van der Waals surface area contributed by atoms with Crippen molar-refractivity contribution in [1.82, 2.24) is 0 Å². The van der Waals surface area contributed by atoms with Gasteiger partial charge in [0, 0.05) is 0 Å². The van der Waals surface area contributed by atoms with Crippen LogP contribution >= 0.6 is 11.6 Å². The first kappa shape index (κ1) is 16.9. The standard InChI is InChI=1S/C18H14ClNO5/c1-3-6-24-16-12(19)8-11(10-15(16)22-2)9-13-18(21)25-17(20-13)14-5-4-7-23-14/h3-5,7-10H,1,6H2,2H3. The van der Waals surface area contributed by atoms with Crippen LogP contribution in [0.15, 0.2) is 58.3 Å². The Labute approximate surface area is 149 Å². The van der Waals surface area contributed by atoms with Gasteiger partial charge in [-0.1, -0.05) is 24.3 Å². The van der Waals surface area contributed by atoms with Gasteiger partial charge in [-0.25, -0.2) is 9.79 Å². The van der Waals surface area contributed by atoms with Crippen LogP contribution in [0.1, 0.15) is 11.3 Å². The van der Waals surface area contributed by atoms with Crippen LogP contribution in [0.2, 0.25) is 5.02 Å². The average molecular weight is 360 g/mol. The second kappa shape index (κ2) is 7.27. The number of esters is 1. The van der Waals surface area contributed by atoms with E-state index in [1.165, 1.54) is 13.4 Å². The van der Waals surface area contributed by atoms with Crippen molar-refractivity contribution >= 4 is 29.5 Å². The van der Waals surface area contributed by atoms with Gasteiger partial charge in [-0.15, -0.1) is 0 Å². The molecule has 128 valence electrons. The fourth-order valence-corrected chi connectivity index (χ4v) is 2.45. The quantitative estimate of drug-likeness (QED) is 0.445. The molecule has 0 radical (unpaired) electrons. The van der Waals surface area contributed by atoms with E-state index in [1.54, 1.807) is 36.4 Å². The zero-order chi connectivity index (χ0) is 17.8. The van der Waals surface area contributed by atoms with Crippen LogP contribution in [0.3, 0.4) is 0 Å². The molecule has 1 aliphatic heterocycles. The summed E-state index contributed by atoms with van der Waals surface area (Å²) in [5.41, 5.74) is 0.744. The van der Waals surface area contributed by atoms with Crippen molar-refractivity contribution in [1.29, 1.82) is 0 Å². The molecule has 0 atom stereocenters. The molecular weight excluding hydrogens is 346 g/mol. The Kier molecular flexibility index (Phi) is 4.90. The van der Waals surface area contributed by atoms with Crippen molar-refractivity contribution in [2.24, 2.45) is 4.99 Å². The van der Waals surface area contributed by atoms with E-state index in [1.807, 2.05) is 0 Å². The number of cyclic esters (lactones) is 1. The minimum Gasteiger partial charge on any atom is -0.493 e. The van der Waals surface area contributed by atoms with Crippen LogP contribution in [-0.2, 0) is 9.53 Å². The number of hydrogen-bond acceptors (Lipinski definition) is 6. The summed E-state index contributed by atoms with van der Waals surface area (Å²) >= 11 is 6.25. The van der Waals surface area contributed by atoms with E-state index in [4.69, 9.17) is 30.2 Å². The van der Waals surface area contributed by atoms with Gasteiger partial charge in [0.05, 0.1) is 18.4 Å². The summed E-state index contributed by atoms with van der Waals surface area (Å²) in [6, 6.07) is 6.66. The van der Waals surface area contributed by atoms with Gasteiger partial charge >= 0.3 is 5.97 Å². The molecule has 0 saturated heterocycles. The molecule has 0 saturated carbocycles. The minimum atomic E-state index is -0.575. The van der Waals surface area contributed by atoms with Crippen LogP contribution in [0.5, 0.6) is 11.5 Å². The highest BCUT2D eigenvalue weighted by Gasteiger charge is 2.26. The second-order valence-corrected chi connectivity index (χ2v) is 5.35. The Morgan fingerprint density at radius 1 is 1.40 bits per heavy atom. The number of aliphatic imine (C=N–C) groups is 1. The lowest BCUT2D eigenvalue weighted by atomic mass is 10.1. The molecule has 0 N–H and O–H groups in total. The number of nitrogens with zero attached hydrogens (tertiary/aromatic N) is 1. The number of ether oxygens (including phenoxy) is 3. The van der Waals surface area contributed by atoms with Crippen molar-refractivity contribution in [3.05, 3.63) is 65.2 Å². The van der Waals surface area contributed by atoms with Gasteiger partial charge in [0.1, 0.15) is 6.61 Å². The fraction of sp³-hybridized carbons (Fsp3) is 0.111. The summed E-state index contributed by atoms with van der Waals surface area (Å²) in [7, 11) is 1.50. The largest absolute Gasteiger partial charge is 0.493 e. The topological polar surface area (TPSA) is 70.3 Å². The maximum atomic E-state index is 12.0. The first-order valence-corrected chi connectivity index (χ1v) is 7.68. The summed E-state index contributed by atoms with van der Waals surface area (Å²) in [6.07, 6.45) is 4.62. The smallest absolute Gasteiger partial charge is 0.363 e. The van der Waals surface area contributed by atoms with Crippen LogP contribution < -0.4 is 9.47 Å². The van der Waals surface area contributed by atoms with E-state index in [-0.39, 0.29) is 11.6 Å². The number of rotatable bonds is 6. The van der Waals surface area contributed by atoms with Crippen molar-refractivity contribution in [3.8, 4) is 11.5 Å². The zero-order valence-corrected chi connectivity index (χ0v) is 14.1. The molecule has 0 fully saturated rings. The van der Waals surface area contributed by atoms with Crippen molar-refractivity contribution < 1.29 is 23.4 Å². The van der Waals surface area contributed by atoms with Gasteiger partial charge in [0.15, 0.2) is 23.0 Å². The number of carbonyl (C=O) groups excluding carboxylic acids is 1. The van der Waals surface area contributed by atoms with Crippen molar-refractivity contribution in [2.75, 3.05) is 13.7 Å². The maximum absolute atomic E-state index is 12.0. The van der Waals surface area contributed by atoms with Crippen LogP contribution in [0.25, 0.3) is 6.08 Å². The highest BCUT2D eigenvalue weighted by molar-refractivity contribution is 6.32. The molecule has 2 heterocycles. The summed E-state index contributed by atoms with van der Waals surface area (Å²) in [6.45, 7) is 3.88. The van der Waals surface area contributed by atoms with E-state index in [2.05, 4.69) is 11.6 Å². The van der Waals surface area contributed by atoms with Crippen LogP contribution in [0.4, 0.5) is 0 Å². The first-order chi connectivity index (χ1) is 12.1. The molecule has 25 heavy (non-hydrogen) atoms. The summed E-state index contributed by atoms with van der Waals surface area (Å²) < 4.78 is 21.1. The third-order valence-electron chi connectivity index (χ3n) is 3.25. The number of furan rings is 1. The molecule has 7 heteroatoms. The zero-order valence-electron chi connectivity index (χ0n) is 13.3. The lowest BCUT2D eigenvalue weighted by Gasteiger charge is -2.12. The molecule has 0 unspecified atom stereocenters. The van der Waals surface area contributed by atoms with E-state index in [0.29, 0.717) is 34.5 Å². The monoisotopic (exact) mass is 359 g/mol. The molecule has 6 nitrogen and oxygen atoms in total. The Hall–Kier alpha value is -2.99. The minimum absolute atomic E-state index is 0.116. The summed E-state index contributed by atoms with van der Waals surface area (Å²) in [4.78, 5) is 16.1. The van der Waals surface area contributed by atoms with Crippen LogP contribution in [0, 0.1) is 0 Å². The average Bonchev–Trinajstić information content (AvgIpc) is 3.24. The highest BCUT2D eigenvalue weighted by Crippen LogP contribution is 2.37. The highest BCUT2D eigenvalue weighted by atomic mass is 35.5. The van der Waals surface area contributed by atoms with Gasteiger partial charge in [0.25, 0.3) is 5.90 Å². The number of benzene rings is 1. The molecule has 0 bridgehead atoms. The van der Waals surface area contributed by atoms with Gasteiger partial charge in [-0.05, 0) is 35.9 Å². The van der Waals surface area contributed by atoms with Gasteiger partial charge in [-0.2, -0.15) is 0 Å². The summed E-state index contributed by atoms with van der Waals surface area (Å²) in [5, 5.41) is 0.342. The molecule has 0 spiro atoms. The van der Waals surface area contributed by atoms with Crippen LogP contribution in [-0.4, -0.2) is 25.6 Å². The number of hydrogen-bond donors (Lipinski definition) is 0. The molecule has 0 amide bonds. The van der Waals surface area contributed by atoms with Gasteiger partial charge in [-0.3, -0.25) is 0 Å². The number of halogens is 1. The van der Waals surface area contributed by atoms with E-state index < -0.39 is 5.97 Å². The van der Waals surface area contributed by atoms with Crippen molar-refractivity contribution in [2.45, 2.75) is 0 Å². The number of methoxy groups -OCH3 is 1. The second-order valence-electron chi connectivity index (χ2n) is 4.95. The third kappa shape index (κ3) is 3.59. The van der Waals surface area contributed by atoms with E-state index in [0.717, 1.165) is 0 Å². The van der Waals surface area contributed by atoms with Gasteiger partial charge in [0.2, 0.25) is 0 Å². The lowest BCUT2D eigenvalue weighted by Crippen LogP contribution is -2.04. The Morgan fingerprint density at radius 3 is 2.92 bits per heavy atom. The first-order valence-electron chi connectivity index (χ1n) is 7.30. The SMILES string of the molecule is C=CCOc1c(Cl)cc(C=C2N=C(c3ccco3)OC2=O)cc1OC. The van der Waals surface area contributed by atoms with E-state index >= 15 is 0 Å². The molecule has 1 aliphatic rings. The van der Waals surface area contributed by atoms with Gasteiger partial charge < -0.3 is 18.6 Å². The molecule has 3 rings (SSSR count). The fourth-order valence-electron chi connectivity index (χ4n) is 2.18. The Morgan fingerprint density at radius 2 is 2.24 bits per heavy atom. The molecule has 2 aromatic rings. The lowest BCUT2D eigenvalue weighted by molar-refractivity contribution is -0.130. The normalized spacial score (nSPS) is 15.0. The predicted molar refractivity (Wildman–Crippen MR) is 93.0 cm³/mol. The predicted octanol–water partition coefficient (Wildman–Crippen LogP) is 3.85.